The second kappa shape index (κ2) is 10.8. The van der Waals surface area contributed by atoms with Crippen LogP contribution in [-0.4, -0.2) is 70.1 Å². The van der Waals surface area contributed by atoms with Gasteiger partial charge in [0.25, 0.3) is 0 Å². The summed E-state index contributed by atoms with van der Waals surface area (Å²) in [4.78, 5) is 28.1. The minimum absolute atomic E-state index is 0.0446. The van der Waals surface area contributed by atoms with Crippen molar-refractivity contribution in [1.82, 2.24) is 9.80 Å². The molecule has 1 N–H and O–H groups in total. The molecule has 3 rings (SSSR count). The molecule has 7 nitrogen and oxygen atoms in total. The van der Waals surface area contributed by atoms with E-state index < -0.39 is 11.2 Å². The third-order valence-corrected chi connectivity index (χ3v) is 5.08. The van der Waals surface area contributed by atoms with Gasteiger partial charge in [0.15, 0.2) is 0 Å². The van der Waals surface area contributed by atoms with Crippen molar-refractivity contribution in [2.45, 2.75) is 83.6 Å². The van der Waals surface area contributed by atoms with Gasteiger partial charge in [-0.2, -0.15) is 0 Å². The third kappa shape index (κ3) is 9.17. The monoisotopic (exact) mass is 434 g/mol. The molecule has 2 amide bonds. The Kier molecular flexibility index (Phi) is 8.74. The molecule has 0 radical (unpaired) electrons. The minimum Gasteiger partial charge on any atom is -0.446 e. The van der Waals surface area contributed by atoms with Crippen molar-refractivity contribution in [1.29, 1.82) is 0 Å². The molecule has 0 aliphatic carbocycles. The summed E-state index contributed by atoms with van der Waals surface area (Å²) < 4.78 is 10.9. The molecule has 7 heteroatoms. The van der Waals surface area contributed by atoms with Gasteiger partial charge in [-0.05, 0) is 47.5 Å². The number of amides is 2. The maximum atomic E-state index is 12.4. The number of carbonyl (C=O) groups excluding carboxylic acids is 2. The van der Waals surface area contributed by atoms with E-state index in [1.54, 1.807) is 23.6 Å². The smallest absolute Gasteiger partial charge is 0.410 e. The van der Waals surface area contributed by atoms with E-state index >= 15 is 0 Å². The molecular weight excluding hydrogens is 396 g/mol. The maximum absolute atomic E-state index is 12.4. The van der Waals surface area contributed by atoms with E-state index in [9.17, 15) is 14.7 Å². The van der Waals surface area contributed by atoms with E-state index in [1.807, 2.05) is 57.2 Å². The summed E-state index contributed by atoms with van der Waals surface area (Å²) in [6.07, 6.45) is 1.87. The lowest BCUT2D eigenvalue weighted by molar-refractivity contribution is -0.0400. The average molecular weight is 435 g/mol. The van der Waals surface area contributed by atoms with Crippen molar-refractivity contribution >= 4 is 12.2 Å². The van der Waals surface area contributed by atoms with Gasteiger partial charge in [-0.15, -0.1) is 0 Å². The fourth-order valence-corrected chi connectivity index (χ4v) is 3.76. The van der Waals surface area contributed by atoms with Gasteiger partial charge in [-0.25, -0.2) is 9.59 Å². The van der Waals surface area contributed by atoms with Crippen LogP contribution in [0.3, 0.4) is 0 Å². The summed E-state index contributed by atoms with van der Waals surface area (Å²) in [5.41, 5.74) is -1.39. The summed E-state index contributed by atoms with van der Waals surface area (Å²) >= 11 is 0. The van der Waals surface area contributed by atoms with Crippen LogP contribution >= 0.6 is 0 Å². The minimum atomic E-state index is -0.856. The van der Waals surface area contributed by atoms with Crippen LogP contribution in [0.15, 0.2) is 36.4 Å². The lowest BCUT2D eigenvalue weighted by Crippen LogP contribution is -2.55. The molecule has 0 bridgehead atoms. The lowest BCUT2D eigenvalue weighted by Gasteiger charge is -2.42. The molecule has 1 aromatic rings. The molecule has 2 aliphatic heterocycles. The zero-order valence-corrected chi connectivity index (χ0v) is 19.5. The molecule has 0 aromatic heterocycles. The van der Waals surface area contributed by atoms with Crippen LogP contribution in [0.4, 0.5) is 9.59 Å². The first-order valence-electron chi connectivity index (χ1n) is 11.1. The first-order valence-corrected chi connectivity index (χ1v) is 11.1. The molecular formula is C24H38N2O5. The first kappa shape index (κ1) is 25.0. The van der Waals surface area contributed by atoms with E-state index in [2.05, 4.69) is 0 Å². The lowest BCUT2D eigenvalue weighted by atomic mass is 9.97. The molecule has 2 atom stereocenters. The number of benzene rings is 1. The Balaban J connectivity index is 0.000000488. The highest BCUT2D eigenvalue weighted by atomic mass is 16.6. The van der Waals surface area contributed by atoms with Crippen LogP contribution in [0.1, 0.15) is 60.3 Å². The van der Waals surface area contributed by atoms with E-state index in [0.717, 1.165) is 12.8 Å². The Morgan fingerprint density at radius 2 is 1.65 bits per heavy atom. The number of rotatable bonds is 3. The van der Waals surface area contributed by atoms with Crippen molar-refractivity contribution in [3.8, 4) is 0 Å². The number of nitrogens with zero attached hydrogens (tertiary/aromatic N) is 2. The van der Waals surface area contributed by atoms with Crippen molar-refractivity contribution in [3.63, 3.8) is 0 Å². The molecule has 0 spiro atoms. The number of likely N-dealkylation sites (tertiary alicyclic amines) is 1. The van der Waals surface area contributed by atoms with Gasteiger partial charge in [0.2, 0.25) is 0 Å². The van der Waals surface area contributed by atoms with Gasteiger partial charge < -0.3 is 24.4 Å². The van der Waals surface area contributed by atoms with Crippen LogP contribution in [0, 0.1) is 0 Å². The van der Waals surface area contributed by atoms with Crippen LogP contribution < -0.4 is 0 Å². The first-order chi connectivity index (χ1) is 14.4. The van der Waals surface area contributed by atoms with Gasteiger partial charge in [0.1, 0.15) is 11.7 Å². The Morgan fingerprint density at radius 1 is 1.06 bits per heavy atom. The molecule has 174 valence electrons. The average Bonchev–Trinajstić information content (AvgIpc) is 2.67. The Hall–Kier alpha value is -2.28. The summed E-state index contributed by atoms with van der Waals surface area (Å²) in [5, 5.41) is 9.90. The van der Waals surface area contributed by atoms with Crippen molar-refractivity contribution in [2.75, 3.05) is 19.6 Å². The zero-order valence-electron chi connectivity index (χ0n) is 19.5. The number of aliphatic hydroxyl groups is 1. The van der Waals surface area contributed by atoms with Crippen LogP contribution in [0.25, 0.3) is 0 Å². The van der Waals surface area contributed by atoms with Crippen LogP contribution in [-0.2, 0) is 9.47 Å². The summed E-state index contributed by atoms with van der Waals surface area (Å²) in [6, 6.07) is 12.0. The predicted octanol–water partition coefficient (Wildman–Crippen LogP) is 4.44. The summed E-state index contributed by atoms with van der Waals surface area (Å²) in [7, 11) is 0. The van der Waals surface area contributed by atoms with Gasteiger partial charge in [0.05, 0.1) is 11.6 Å². The van der Waals surface area contributed by atoms with Gasteiger partial charge in [-0.3, -0.25) is 0 Å². The second-order valence-electron chi connectivity index (χ2n) is 9.88. The highest BCUT2D eigenvalue weighted by Gasteiger charge is 2.37. The number of ether oxygens (including phenoxy) is 2. The zero-order chi connectivity index (χ0) is 23.1. The number of carbonyl (C=O) groups is 2. The van der Waals surface area contributed by atoms with Crippen molar-refractivity contribution < 1.29 is 24.2 Å². The Labute approximate surface area is 186 Å². The fourth-order valence-electron chi connectivity index (χ4n) is 3.76. The second-order valence-corrected chi connectivity index (χ2v) is 9.88. The number of piperidine rings is 1. The molecule has 31 heavy (non-hydrogen) atoms. The Bertz CT molecular complexity index is 669. The predicted molar refractivity (Wildman–Crippen MR) is 120 cm³/mol. The number of cyclic esters (lactones) is 1. The highest BCUT2D eigenvalue weighted by Crippen LogP contribution is 2.26. The van der Waals surface area contributed by atoms with E-state index in [4.69, 9.17) is 9.47 Å². The third-order valence-electron chi connectivity index (χ3n) is 5.08. The molecule has 2 unspecified atom stereocenters. The maximum Gasteiger partial charge on any atom is 0.410 e. The Morgan fingerprint density at radius 3 is 2.13 bits per heavy atom. The molecule has 2 saturated heterocycles. The van der Waals surface area contributed by atoms with Crippen LogP contribution in [0.2, 0.25) is 0 Å². The van der Waals surface area contributed by atoms with Gasteiger partial charge in [-0.1, -0.05) is 36.4 Å². The fraction of sp³-hybridized carbons (Fsp3) is 0.667. The van der Waals surface area contributed by atoms with Gasteiger partial charge >= 0.3 is 12.2 Å². The SMILES string of the molecule is CC(C)(O)CC1CCN(C2CCCN(C(=O)OC(C)(C)C)C2)C(=O)O1.c1ccccc1. The number of hydrogen-bond acceptors (Lipinski definition) is 5. The van der Waals surface area contributed by atoms with E-state index in [1.165, 1.54) is 0 Å². The quantitative estimate of drug-likeness (QED) is 0.761. The van der Waals surface area contributed by atoms with E-state index in [-0.39, 0.29) is 24.3 Å². The highest BCUT2D eigenvalue weighted by molar-refractivity contribution is 5.70. The van der Waals surface area contributed by atoms with Crippen LogP contribution in [0.5, 0.6) is 0 Å². The summed E-state index contributed by atoms with van der Waals surface area (Å²) in [5.74, 6) is 0. The normalized spacial score (nSPS) is 22.2. The largest absolute Gasteiger partial charge is 0.446 e. The summed E-state index contributed by atoms with van der Waals surface area (Å²) in [6.45, 7) is 10.7. The molecule has 2 heterocycles. The number of hydrogen-bond donors (Lipinski definition) is 1. The van der Waals surface area contributed by atoms with E-state index in [0.29, 0.717) is 32.5 Å². The van der Waals surface area contributed by atoms with Crippen molar-refractivity contribution in [2.24, 2.45) is 0 Å². The molecule has 2 aliphatic rings. The molecule has 1 aromatic carbocycles. The topological polar surface area (TPSA) is 79.3 Å². The van der Waals surface area contributed by atoms with Gasteiger partial charge in [0, 0.05) is 32.5 Å². The standard InChI is InChI=1S/C18H32N2O5.C6H6/c1-17(2,3)25-15(21)19-9-6-7-13(12-19)20-10-8-14(24-16(20)22)11-18(4,5)23;1-2-4-6-5-3-1/h13-14,23H,6-12H2,1-5H3;1-6H. The van der Waals surface area contributed by atoms with Crippen molar-refractivity contribution in [3.05, 3.63) is 36.4 Å². The molecule has 0 saturated carbocycles. The molecule has 2 fully saturated rings.